The molecular weight excluding hydrogens is 396 g/mol. The molecule has 0 radical (unpaired) electrons. The van der Waals surface area contributed by atoms with Crippen molar-refractivity contribution in [2.24, 2.45) is 11.8 Å². The second-order valence-corrected chi connectivity index (χ2v) is 18.8. The van der Waals surface area contributed by atoms with Crippen molar-refractivity contribution in [1.29, 1.82) is 0 Å². The van der Waals surface area contributed by atoms with Gasteiger partial charge in [-0.3, -0.25) is 0 Å². The Morgan fingerprint density at radius 1 is 0.613 bits per heavy atom. The monoisotopic (exact) mass is 452 g/mol. The van der Waals surface area contributed by atoms with Crippen molar-refractivity contribution in [3.8, 4) is 0 Å². The van der Waals surface area contributed by atoms with Crippen LogP contribution in [0.15, 0.2) is 0 Å². The summed E-state index contributed by atoms with van der Waals surface area (Å²) in [4.78, 5) is 0. The van der Waals surface area contributed by atoms with Gasteiger partial charge in [0.1, 0.15) is 0 Å². The van der Waals surface area contributed by atoms with Crippen molar-refractivity contribution in [2.45, 2.75) is 154 Å². The van der Waals surface area contributed by atoms with E-state index < -0.39 is 8.07 Å². The third kappa shape index (κ3) is 10.3. The van der Waals surface area contributed by atoms with E-state index in [1.165, 1.54) is 64.2 Å². The maximum absolute atomic E-state index is 5.90. The number of hydrogen-bond donors (Lipinski definition) is 0. The number of hydrogen-bond acceptors (Lipinski definition) is 2. The lowest BCUT2D eigenvalue weighted by molar-refractivity contribution is -0.00537. The summed E-state index contributed by atoms with van der Waals surface area (Å²) in [5.41, 5.74) is 2.22. The molecule has 3 heteroatoms. The summed E-state index contributed by atoms with van der Waals surface area (Å²) in [7, 11) is -1.13. The summed E-state index contributed by atoms with van der Waals surface area (Å²) in [6, 6.07) is 0. The van der Waals surface area contributed by atoms with Crippen molar-refractivity contribution < 1.29 is 9.47 Å². The highest BCUT2D eigenvalue weighted by atomic mass is 28.3. The maximum Gasteiger partial charge on any atom is 0.0598 e. The maximum atomic E-state index is 5.90. The lowest BCUT2D eigenvalue weighted by Gasteiger charge is -2.36. The van der Waals surface area contributed by atoms with Gasteiger partial charge in [-0.05, 0) is 90.1 Å². The van der Waals surface area contributed by atoms with Crippen LogP contribution in [0, 0.1) is 11.8 Å². The van der Waals surface area contributed by atoms with Crippen molar-refractivity contribution >= 4 is 8.07 Å². The van der Waals surface area contributed by atoms with E-state index >= 15 is 0 Å². The van der Waals surface area contributed by atoms with Gasteiger partial charge < -0.3 is 9.47 Å². The minimum atomic E-state index is -1.13. The largest absolute Gasteiger partial charge is 0.376 e. The Bertz CT molecular complexity index is 458. The topological polar surface area (TPSA) is 18.5 Å². The summed E-state index contributed by atoms with van der Waals surface area (Å²) in [5.74, 6) is 2.01. The van der Waals surface area contributed by atoms with Crippen LogP contribution in [0.5, 0.6) is 0 Å². The fraction of sp³-hybridized carbons (Fsp3) is 1.00. The highest BCUT2D eigenvalue weighted by Crippen LogP contribution is 2.53. The smallest absolute Gasteiger partial charge is 0.0598 e. The van der Waals surface area contributed by atoms with Gasteiger partial charge in [-0.1, -0.05) is 64.5 Å². The van der Waals surface area contributed by atoms with Crippen LogP contribution in [0.3, 0.4) is 0 Å². The highest BCUT2D eigenvalue weighted by molar-refractivity contribution is 6.80. The molecule has 0 aromatic heterocycles. The van der Waals surface area contributed by atoms with Gasteiger partial charge >= 0.3 is 0 Å². The normalized spacial score (nSPS) is 27.9. The van der Waals surface area contributed by atoms with Gasteiger partial charge in [0.05, 0.1) is 19.3 Å². The molecule has 0 aromatic carbocycles. The predicted octanol–water partition coefficient (Wildman–Crippen LogP) is 9.01. The van der Waals surface area contributed by atoms with Crippen molar-refractivity contribution in [2.75, 3.05) is 13.2 Å². The predicted molar refractivity (Wildman–Crippen MR) is 139 cm³/mol. The third-order valence-corrected chi connectivity index (χ3v) is 13.5. The first kappa shape index (κ1) is 27.4. The first-order valence-electron chi connectivity index (χ1n) is 13.6. The minimum absolute atomic E-state index is 0.0213. The molecule has 2 nitrogen and oxygen atoms in total. The average molecular weight is 453 g/mol. The van der Waals surface area contributed by atoms with Gasteiger partial charge in [-0.15, -0.1) is 0 Å². The van der Waals surface area contributed by atoms with Gasteiger partial charge in [-0.2, -0.15) is 0 Å². The zero-order chi connectivity index (χ0) is 23.1. The molecule has 0 amide bonds. The van der Waals surface area contributed by atoms with Crippen molar-refractivity contribution in [3.05, 3.63) is 0 Å². The van der Waals surface area contributed by atoms with E-state index in [1.807, 2.05) is 0 Å². The molecule has 184 valence electrons. The fourth-order valence-electron chi connectivity index (χ4n) is 6.19. The molecule has 0 aliphatic heterocycles. The Morgan fingerprint density at radius 3 is 1.35 bits per heavy atom. The van der Waals surface area contributed by atoms with Crippen LogP contribution in [-0.2, 0) is 9.47 Å². The zero-order valence-electron chi connectivity index (χ0n) is 22.5. The Balaban J connectivity index is 1.63. The fourth-order valence-corrected chi connectivity index (χ4v) is 10.6. The second kappa shape index (κ2) is 12.0. The van der Waals surface area contributed by atoms with Crippen LogP contribution in [0.4, 0.5) is 0 Å². The van der Waals surface area contributed by atoms with Crippen LogP contribution in [0.25, 0.3) is 0 Å². The molecule has 0 spiro atoms. The standard InChI is InChI=1S/C28H56O2Si/c1-27(2,3)29-19-11-9-13-23-15-17-25(21-23)31(7,8)26-18-16-24(22-26)14-10-12-20-30-28(4,5)6/h23-26H,9-22H2,1-8H3. The van der Waals surface area contributed by atoms with E-state index in [9.17, 15) is 0 Å². The van der Waals surface area contributed by atoms with Gasteiger partial charge in [0.25, 0.3) is 0 Å². The SMILES string of the molecule is CC(C)(C)OCCCCC1CCC([Si](C)(C)C2CCC(CCCCOC(C)(C)C)C2)C1. The first-order chi connectivity index (χ1) is 14.4. The molecule has 0 N–H and O–H groups in total. The summed E-state index contributed by atoms with van der Waals surface area (Å²) < 4.78 is 11.8. The molecule has 0 bridgehead atoms. The van der Waals surface area contributed by atoms with Crippen molar-refractivity contribution in [3.63, 3.8) is 0 Å². The molecule has 0 saturated heterocycles. The van der Waals surface area contributed by atoms with Crippen LogP contribution in [-0.4, -0.2) is 32.5 Å². The van der Waals surface area contributed by atoms with Crippen molar-refractivity contribution in [1.82, 2.24) is 0 Å². The quantitative estimate of drug-likeness (QED) is 0.217. The third-order valence-electron chi connectivity index (χ3n) is 8.27. The molecular formula is C28H56O2Si. The molecule has 4 atom stereocenters. The van der Waals surface area contributed by atoms with E-state index in [0.29, 0.717) is 0 Å². The van der Waals surface area contributed by atoms with E-state index in [0.717, 1.165) is 36.1 Å². The summed E-state index contributed by atoms with van der Waals surface area (Å²) >= 11 is 0. The number of rotatable bonds is 12. The first-order valence-corrected chi connectivity index (χ1v) is 16.8. The summed E-state index contributed by atoms with van der Waals surface area (Å²) in [6.45, 7) is 20.4. The molecule has 2 aliphatic rings. The average Bonchev–Trinajstić information content (AvgIpc) is 3.29. The Hall–Kier alpha value is 0.137. The van der Waals surface area contributed by atoms with E-state index in [4.69, 9.17) is 9.47 Å². The molecule has 0 heterocycles. The molecule has 0 aromatic rings. The van der Waals surface area contributed by atoms with Gasteiger partial charge in [0.15, 0.2) is 0 Å². The van der Waals surface area contributed by atoms with Gasteiger partial charge in [0, 0.05) is 13.2 Å². The molecule has 2 fully saturated rings. The lowest BCUT2D eigenvalue weighted by atomic mass is 10.0. The van der Waals surface area contributed by atoms with Crippen LogP contribution in [0.2, 0.25) is 24.2 Å². The van der Waals surface area contributed by atoms with E-state index in [1.54, 1.807) is 12.8 Å². The Morgan fingerprint density at radius 2 is 1.00 bits per heavy atom. The zero-order valence-corrected chi connectivity index (χ0v) is 23.5. The van der Waals surface area contributed by atoms with E-state index in [-0.39, 0.29) is 11.2 Å². The molecule has 31 heavy (non-hydrogen) atoms. The Kier molecular flexibility index (Phi) is 10.6. The van der Waals surface area contributed by atoms with Crippen LogP contribution in [0.1, 0.15) is 119 Å². The van der Waals surface area contributed by atoms with Crippen LogP contribution >= 0.6 is 0 Å². The van der Waals surface area contributed by atoms with E-state index in [2.05, 4.69) is 54.6 Å². The Labute approximate surface area is 196 Å². The highest BCUT2D eigenvalue weighted by Gasteiger charge is 2.44. The molecule has 2 rings (SSSR count). The second-order valence-electron chi connectivity index (χ2n) is 13.5. The summed E-state index contributed by atoms with van der Waals surface area (Å²) in [6.07, 6.45) is 17.3. The molecule has 2 aliphatic carbocycles. The minimum Gasteiger partial charge on any atom is -0.376 e. The molecule has 4 unspecified atom stereocenters. The van der Waals surface area contributed by atoms with Crippen LogP contribution < -0.4 is 0 Å². The van der Waals surface area contributed by atoms with Gasteiger partial charge in [0.2, 0.25) is 0 Å². The van der Waals surface area contributed by atoms with Gasteiger partial charge in [-0.25, -0.2) is 0 Å². The number of unbranched alkanes of at least 4 members (excludes halogenated alkanes) is 2. The molecule has 2 saturated carbocycles. The number of ether oxygens (including phenoxy) is 2. The summed E-state index contributed by atoms with van der Waals surface area (Å²) in [5, 5.41) is 0. The lowest BCUT2D eigenvalue weighted by Crippen LogP contribution is -2.36.